The van der Waals surface area contributed by atoms with Gasteiger partial charge in [0, 0.05) is 16.9 Å². The van der Waals surface area contributed by atoms with E-state index in [2.05, 4.69) is 25.8 Å². The van der Waals surface area contributed by atoms with E-state index in [1.165, 1.54) is 29.2 Å². The number of aryl methyl sites for hydroxylation is 1. The van der Waals surface area contributed by atoms with Crippen LogP contribution in [0.2, 0.25) is 10.0 Å². The number of carbonyl (C=O) groups is 2. The van der Waals surface area contributed by atoms with Gasteiger partial charge in [-0.15, -0.1) is 21.5 Å². The molecule has 2 N–H and O–H groups in total. The summed E-state index contributed by atoms with van der Waals surface area (Å²) in [5, 5.41) is 17.8. The van der Waals surface area contributed by atoms with Gasteiger partial charge in [-0.2, -0.15) is 0 Å². The van der Waals surface area contributed by atoms with Crippen molar-refractivity contribution < 1.29 is 9.59 Å². The molecule has 2 aromatic heterocycles. The molecule has 0 radical (unpaired) electrons. The summed E-state index contributed by atoms with van der Waals surface area (Å²) in [6.45, 7) is 6.21. The van der Waals surface area contributed by atoms with Crippen molar-refractivity contribution in [3.8, 4) is 0 Å². The lowest BCUT2D eigenvalue weighted by atomic mass is 10.2. The zero-order valence-corrected chi connectivity index (χ0v) is 20.1. The van der Waals surface area contributed by atoms with E-state index < -0.39 is 6.04 Å². The maximum Gasteiger partial charge on any atom is 0.253 e. The minimum atomic E-state index is -0.423. The number of nitrogens with zero attached hydrogens (tertiary/aromatic N) is 4. The molecule has 0 unspecified atom stereocenters. The molecular weight excluding hydrogens is 479 g/mol. The van der Waals surface area contributed by atoms with E-state index >= 15 is 0 Å². The summed E-state index contributed by atoms with van der Waals surface area (Å²) in [4.78, 5) is 29.0. The maximum absolute atomic E-state index is 12.6. The van der Waals surface area contributed by atoms with Crippen LogP contribution in [-0.4, -0.2) is 37.3 Å². The summed E-state index contributed by atoms with van der Waals surface area (Å²) in [6.07, 6.45) is 0. The number of thiazole rings is 1. The van der Waals surface area contributed by atoms with E-state index in [1.807, 2.05) is 30.7 Å². The van der Waals surface area contributed by atoms with E-state index in [1.54, 1.807) is 12.1 Å². The Morgan fingerprint density at radius 3 is 2.71 bits per heavy atom. The summed E-state index contributed by atoms with van der Waals surface area (Å²) in [5.74, 6) is 0.231. The molecular formula is C19H20Cl2N6O2S2. The van der Waals surface area contributed by atoms with Gasteiger partial charge in [-0.25, -0.2) is 4.98 Å². The molecule has 0 saturated carbocycles. The molecule has 1 atom stereocenters. The van der Waals surface area contributed by atoms with Crippen molar-refractivity contribution >= 4 is 63.2 Å². The Bertz CT molecular complexity index is 1100. The molecule has 0 aliphatic heterocycles. The largest absolute Gasteiger partial charge is 0.342 e. The molecule has 0 spiro atoms. The first-order chi connectivity index (χ1) is 14.8. The van der Waals surface area contributed by atoms with Crippen LogP contribution in [-0.2, 0) is 11.3 Å². The number of hydrogen-bond acceptors (Lipinski definition) is 7. The Morgan fingerprint density at radius 1 is 1.29 bits per heavy atom. The van der Waals surface area contributed by atoms with Gasteiger partial charge < -0.3 is 15.2 Å². The number of amides is 2. The molecule has 3 rings (SSSR count). The van der Waals surface area contributed by atoms with Crippen LogP contribution < -0.4 is 10.6 Å². The van der Waals surface area contributed by atoms with Crippen molar-refractivity contribution in [1.82, 2.24) is 25.1 Å². The first-order valence-electron chi connectivity index (χ1n) is 9.32. The van der Waals surface area contributed by atoms with Crippen LogP contribution >= 0.6 is 46.3 Å². The quantitative estimate of drug-likeness (QED) is 0.440. The zero-order chi connectivity index (χ0) is 22.5. The van der Waals surface area contributed by atoms with Gasteiger partial charge >= 0.3 is 0 Å². The first-order valence-corrected chi connectivity index (χ1v) is 11.9. The Hall–Kier alpha value is -2.14. The molecule has 0 saturated heterocycles. The average Bonchev–Trinajstić information content (AvgIpc) is 3.31. The second kappa shape index (κ2) is 10.4. The van der Waals surface area contributed by atoms with Gasteiger partial charge in [0.1, 0.15) is 0 Å². The third-order valence-corrected chi connectivity index (χ3v) is 6.56. The van der Waals surface area contributed by atoms with Gasteiger partial charge in [-0.05, 0) is 39.0 Å². The van der Waals surface area contributed by atoms with Crippen molar-refractivity contribution in [2.75, 3.05) is 11.1 Å². The minimum absolute atomic E-state index is 0.165. The third-order valence-electron chi connectivity index (χ3n) is 4.17. The van der Waals surface area contributed by atoms with Crippen LogP contribution in [0.1, 0.15) is 41.8 Å². The lowest BCUT2D eigenvalue weighted by Gasteiger charge is -2.15. The van der Waals surface area contributed by atoms with Gasteiger partial charge in [0.2, 0.25) is 5.91 Å². The SMILES string of the molecule is CCn1c(SCC(=O)Nc2nc(C)cs2)nnc1[C@H](C)NC(=O)c1ccc(Cl)cc1Cl. The molecule has 1 aromatic carbocycles. The molecule has 8 nitrogen and oxygen atoms in total. The van der Waals surface area contributed by atoms with Crippen LogP contribution in [0.15, 0.2) is 28.7 Å². The number of carbonyl (C=O) groups excluding carboxylic acids is 2. The third kappa shape index (κ3) is 5.97. The Morgan fingerprint density at radius 2 is 2.06 bits per heavy atom. The van der Waals surface area contributed by atoms with Crippen LogP contribution in [0.4, 0.5) is 5.13 Å². The van der Waals surface area contributed by atoms with Crippen LogP contribution in [0.25, 0.3) is 0 Å². The van der Waals surface area contributed by atoms with Gasteiger partial charge in [0.05, 0.1) is 28.1 Å². The van der Waals surface area contributed by atoms with Gasteiger partial charge in [0.25, 0.3) is 5.91 Å². The second-order valence-corrected chi connectivity index (χ2v) is 9.18. The average molecular weight is 499 g/mol. The number of nitrogens with one attached hydrogen (secondary N) is 2. The number of anilines is 1. The van der Waals surface area contributed by atoms with Crippen molar-refractivity contribution in [1.29, 1.82) is 0 Å². The topological polar surface area (TPSA) is 102 Å². The fraction of sp³-hybridized carbons (Fsp3) is 0.316. The van der Waals surface area contributed by atoms with Crippen molar-refractivity contribution in [3.05, 3.63) is 50.7 Å². The fourth-order valence-corrected chi connectivity index (χ4v) is 4.74. The summed E-state index contributed by atoms with van der Waals surface area (Å²) in [7, 11) is 0. The highest BCUT2D eigenvalue weighted by Crippen LogP contribution is 2.24. The lowest BCUT2D eigenvalue weighted by molar-refractivity contribution is -0.113. The number of halogens is 2. The van der Waals surface area contributed by atoms with E-state index in [9.17, 15) is 9.59 Å². The normalized spacial score (nSPS) is 11.9. The molecule has 12 heteroatoms. The predicted octanol–water partition coefficient (Wildman–Crippen LogP) is 4.59. The monoisotopic (exact) mass is 498 g/mol. The highest BCUT2D eigenvalue weighted by molar-refractivity contribution is 7.99. The fourth-order valence-electron chi connectivity index (χ4n) is 2.73. The molecule has 2 heterocycles. The molecule has 0 bridgehead atoms. The van der Waals surface area contributed by atoms with Crippen LogP contribution in [0.3, 0.4) is 0 Å². The Labute approximate surface area is 197 Å². The lowest BCUT2D eigenvalue weighted by Crippen LogP contribution is -2.29. The number of thioether (sulfide) groups is 1. The van der Waals surface area contributed by atoms with Gasteiger partial charge in [0.15, 0.2) is 16.1 Å². The second-order valence-electron chi connectivity index (χ2n) is 6.54. The first kappa shape index (κ1) is 23.5. The predicted molar refractivity (Wildman–Crippen MR) is 124 cm³/mol. The van der Waals surface area contributed by atoms with Gasteiger partial charge in [-0.1, -0.05) is 35.0 Å². The number of benzene rings is 1. The highest BCUT2D eigenvalue weighted by Gasteiger charge is 2.21. The molecule has 0 fully saturated rings. The zero-order valence-electron chi connectivity index (χ0n) is 17.0. The van der Waals surface area contributed by atoms with E-state index in [4.69, 9.17) is 23.2 Å². The Balaban J connectivity index is 1.64. The van der Waals surface area contributed by atoms with E-state index in [0.29, 0.717) is 33.2 Å². The van der Waals surface area contributed by atoms with Crippen molar-refractivity contribution in [2.24, 2.45) is 0 Å². The molecule has 0 aliphatic rings. The molecule has 0 aliphatic carbocycles. The minimum Gasteiger partial charge on any atom is -0.342 e. The molecule has 31 heavy (non-hydrogen) atoms. The molecule has 3 aromatic rings. The summed E-state index contributed by atoms with van der Waals surface area (Å²) < 4.78 is 1.86. The maximum atomic E-state index is 12.6. The van der Waals surface area contributed by atoms with Crippen molar-refractivity contribution in [2.45, 2.75) is 38.5 Å². The molecule has 164 valence electrons. The van der Waals surface area contributed by atoms with Crippen LogP contribution in [0.5, 0.6) is 0 Å². The van der Waals surface area contributed by atoms with E-state index in [-0.39, 0.29) is 22.6 Å². The standard InChI is InChI=1S/C19H20Cl2N6O2S2/c1-4-27-16(11(3)23-17(29)13-6-5-12(20)7-14(13)21)25-26-19(27)31-9-15(28)24-18-22-10(2)8-30-18/h5-8,11H,4,9H2,1-3H3,(H,23,29)(H,22,24,28)/t11-/m0/s1. The Kier molecular flexibility index (Phi) is 7.93. The van der Waals surface area contributed by atoms with Gasteiger partial charge in [-0.3, -0.25) is 9.59 Å². The van der Waals surface area contributed by atoms with E-state index in [0.717, 1.165) is 5.69 Å². The summed E-state index contributed by atoms with van der Waals surface area (Å²) >= 11 is 14.7. The number of hydrogen-bond donors (Lipinski definition) is 2. The number of rotatable bonds is 8. The summed E-state index contributed by atoms with van der Waals surface area (Å²) in [6, 6.07) is 4.27. The highest BCUT2D eigenvalue weighted by atomic mass is 35.5. The molecule has 2 amide bonds. The number of aromatic nitrogens is 4. The van der Waals surface area contributed by atoms with Crippen molar-refractivity contribution in [3.63, 3.8) is 0 Å². The summed E-state index contributed by atoms with van der Waals surface area (Å²) in [5.41, 5.74) is 1.18. The smallest absolute Gasteiger partial charge is 0.253 e. The van der Waals surface area contributed by atoms with Crippen LogP contribution in [0, 0.1) is 6.92 Å².